The van der Waals surface area contributed by atoms with Gasteiger partial charge in [-0.3, -0.25) is 14.2 Å². The molecule has 134 valence electrons. The minimum absolute atomic E-state index is 0.179. The lowest BCUT2D eigenvalue weighted by Gasteiger charge is -2.13. The van der Waals surface area contributed by atoms with Crippen LogP contribution in [0, 0.1) is 0 Å². The summed E-state index contributed by atoms with van der Waals surface area (Å²) in [4.78, 5) is 29.1. The zero-order valence-corrected chi connectivity index (χ0v) is 15.3. The summed E-state index contributed by atoms with van der Waals surface area (Å²) in [6, 6.07) is 14.7. The summed E-state index contributed by atoms with van der Waals surface area (Å²) < 4.78 is 11.4. The van der Waals surface area contributed by atoms with Crippen molar-refractivity contribution in [3.63, 3.8) is 0 Å². The quantitative estimate of drug-likeness (QED) is 0.377. The van der Waals surface area contributed by atoms with E-state index < -0.39 is 5.97 Å². The van der Waals surface area contributed by atoms with Crippen molar-refractivity contribution in [2.75, 3.05) is 14.2 Å². The van der Waals surface area contributed by atoms with Crippen molar-refractivity contribution in [1.82, 2.24) is 9.55 Å². The van der Waals surface area contributed by atoms with Crippen molar-refractivity contribution in [1.29, 1.82) is 0 Å². The Hall–Kier alpha value is -2.80. The first-order chi connectivity index (χ1) is 12.6. The minimum atomic E-state index is -0.497. The molecule has 0 amide bonds. The number of para-hydroxylation sites is 2. The summed E-state index contributed by atoms with van der Waals surface area (Å²) in [5.41, 5.74) is 1.32. The molecule has 0 radical (unpaired) electrons. The van der Waals surface area contributed by atoms with Gasteiger partial charge in [0.15, 0.2) is 5.16 Å². The summed E-state index contributed by atoms with van der Waals surface area (Å²) in [7, 11) is 2.91. The normalized spacial score (nSPS) is 10.7. The SMILES string of the molecule is COC(=O)Cn1c(SCc2ccccc2OC)nc2ccccc2c1=O. The molecule has 3 rings (SSSR count). The maximum absolute atomic E-state index is 12.8. The molecule has 1 heterocycles. The first kappa shape index (κ1) is 18.0. The maximum Gasteiger partial charge on any atom is 0.325 e. The molecule has 0 N–H and O–H groups in total. The van der Waals surface area contributed by atoms with Gasteiger partial charge in [-0.25, -0.2) is 4.98 Å². The Kier molecular flexibility index (Phi) is 5.58. The van der Waals surface area contributed by atoms with Crippen LogP contribution in [0.3, 0.4) is 0 Å². The van der Waals surface area contributed by atoms with Gasteiger partial charge in [-0.1, -0.05) is 42.1 Å². The molecule has 2 aromatic carbocycles. The van der Waals surface area contributed by atoms with Gasteiger partial charge in [0, 0.05) is 11.3 Å². The fraction of sp³-hybridized carbons (Fsp3) is 0.211. The lowest BCUT2D eigenvalue weighted by atomic mass is 10.2. The predicted molar refractivity (Wildman–Crippen MR) is 101 cm³/mol. The van der Waals surface area contributed by atoms with Gasteiger partial charge in [0.05, 0.1) is 25.1 Å². The van der Waals surface area contributed by atoms with E-state index in [2.05, 4.69) is 4.98 Å². The van der Waals surface area contributed by atoms with E-state index in [1.54, 1.807) is 25.3 Å². The molecule has 0 unspecified atom stereocenters. The van der Waals surface area contributed by atoms with Crippen LogP contribution in [0.4, 0.5) is 0 Å². The summed E-state index contributed by atoms with van der Waals surface area (Å²) in [5.74, 6) is 0.821. The van der Waals surface area contributed by atoms with Crippen LogP contribution < -0.4 is 10.3 Å². The third kappa shape index (κ3) is 3.72. The van der Waals surface area contributed by atoms with Gasteiger partial charge in [-0.15, -0.1) is 0 Å². The number of thioether (sulfide) groups is 1. The number of carbonyl (C=O) groups is 1. The fourth-order valence-electron chi connectivity index (χ4n) is 2.56. The number of nitrogens with zero attached hydrogens (tertiary/aromatic N) is 2. The first-order valence-electron chi connectivity index (χ1n) is 7.95. The number of methoxy groups -OCH3 is 2. The molecule has 6 nitrogen and oxygen atoms in total. The number of carbonyl (C=O) groups excluding carboxylic acids is 1. The van der Waals surface area contributed by atoms with E-state index >= 15 is 0 Å². The summed E-state index contributed by atoms with van der Waals surface area (Å²) in [5, 5.41) is 0.933. The van der Waals surface area contributed by atoms with Crippen molar-refractivity contribution in [3.05, 3.63) is 64.4 Å². The van der Waals surface area contributed by atoms with Crippen molar-refractivity contribution >= 4 is 28.6 Å². The van der Waals surface area contributed by atoms with Crippen molar-refractivity contribution in [2.45, 2.75) is 17.5 Å². The number of benzene rings is 2. The highest BCUT2D eigenvalue weighted by Crippen LogP contribution is 2.27. The highest BCUT2D eigenvalue weighted by atomic mass is 32.2. The van der Waals surface area contributed by atoms with Crippen molar-refractivity contribution in [3.8, 4) is 5.75 Å². The maximum atomic E-state index is 12.8. The molecule has 1 aromatic heterocycles. The van der Waals surface area contributed by atoms with Crippen LogP contribution in [-0.4, -0.2) is 29.7 Å². The smallest absolute Gasteiger partial charge is 0.325 e. The van der Waals surface area contributed by atoms with E-state index in [1.807, 2.05) is 30.3 Å². The molecule has 0 atom stereocenters. The van der Waals surface area contributed by atoms with Gasteiger partial charge in [0.25, 0.3) is 5.56 Å². The van der Waals surface area contributed by atoms with Crippen LogP contribution in [0.15, 0.2) is 58.5 Å². The first-order valence-corrected chi connectivity index (χ1v) is 8.93. The van der Waals surface area contributed by atoms with Crippen LogP contribution >= 0.6 is 11.8 Å². The average molecular weight is 370 g/mol. The molecular weight excluding hydrogens is 352 g/mol. The molecule has 0 aliphatic heterocycles. The lowest BCUT2D eigenvalue weighted by molar-refractivity contribution is -0.141. The van der Waals surface area contributed by atoms with Crippen LogP contribution in [0.2, 0.25) is 0 Å². The van der Waals surface area contributed by atoms with E-state index in [0.29, 0.717) is 21.8 Å². The monoisotopic (exact) mass is 370 g/mol. The molecule has 0 bridgehead atoms. The molecule has 3 aromatic rings. The van der Waals surface area contributed by atoms with Gasteiger partial charge >= 0.3 is 5.97 Å². The molecule has 0 spiro atoms. The van der Waals surface area contributed by atoms with Gasteiger partial charge in [0.2, 0.25) is 0 Å². The van der Waals surface area contributed by atoms with Crippen LogP contribution in [0.25, 0.3) is 10.9 Å². The number of rotatable bonds is 6. The number of hydrogen-bond donors (Lipinski definition) is 0. The number of esters is 1. The summed E-state index contributed by atoms with van der Waals surface area (Å²) in [6.07, 6.45) is 0. The highest BCUT2D eigenvalue weighted by Gasteiger charge is 2.15. The predicted octanol–water partition coefficient (Wildman–Crippen LogP) is 2.87. The standard InChI is InChI=1S/C19H18N2O4S/c1-24-16-10-6-3-7-13(16)12-26-19-20-15-9-5-4-8-14(15)18(23)21(19)11-17(22)25-2/h3-10H,11-12H2,1-2H3. The molecule has 0 aliphatic rings. The van der Waals surface area contributed by atoms with E-state index in [9.17, 15) is 9.59 Å². The van der Waals surface area contributed by atoms with Crippen molar-refractivity contribution < 1.29 is 14.3 Å². The van der Waals surface area contributed by atoms with Crippen molar-refractivity contribution in [2.24, 2.45) is 0 Å². The van der Waals surface area contributed by atoms with Crippen LogP contribution in [0.1, 0.15) is 5.56 Å². The number of fused-ring (bicyclic) bond motifs is 1. The van der Waals surface area contributed by atoms with Gasteiger partial charge < -0.3 is 9.47 Å². The zero-order valence-electron chi connectivity index (χ0n) is 14.5. The Morgan fingerprint density at radius 3 is 2.62 bits per heavy atom. The topological polar surface area (TPSA) is 70.4 Å². The second-order valence-corrected chi connectivity index (χ2v) is 6.42. The van der Waals surface area contributed by atoms with E-state index in [1.165, 1.54) is 23.4 Å². The fourth-order valence-corrected chi connectivity index (χ4v) is 3.54. The molecule has 0 saturated carbocycles. The van der Waals surface area contributed by atoms with E-state index in [-0.39, 0.29) is 12.1 Å². The third-order valence-corrected chi connectivity index (χ3v) is 4.92. The molecule has 7 heteroatoms. The highest BCUT2D eigenvalue weighted by molar-refractivity contribution is 7.98. The Bertz CT molecular complexity index is 1000. The average Bonchev–Trinajstić information content (AvgIpc) is 2.68. The number of aromatic nitrogens is 2. The van der Waals surface area contributed by atoms with Gasteiger partial charge in [-0.05, 0) is 18.2 Å². The Morgan fingerprint density at radius 2 is 1.85 bits per heavy atom. The Balaban J connectivity index is 2.01. The number of ether oxygens (including phenoxy) is 2. The van der Waals surface area contributed by atoms with E-state index in [4.69, 9.17) is 9.47 Å². The molecule has 0 fully saturated rings. The second-order valence-electron chi connectivity index (χ2n) is 5.48. The molecule has 26 heavy (non-hydrogen) atoms. The number of hydrogen-bond acceptors (Lipinski definition) is 6. The summed E-state index contributed by atoms with van der Waals surface area (Å²) in [6.45, 7) is -0.179. The van der Waals surface area contributed by atoms with Gasteiger partial charge in [-0.2, -0.15) is 0 Å². The second kappa shape index (κ2) is 8.05. The largest absolute Gasteiger partial charge is 0.496 e. The minimum Gasteiger partial charge on any atom is -0.496 e. The van der Waals surface area contributed by atoms with Crippen LogP contribution in [0.5, 0.6) is 5.75 Å². The molecule has 0 saturated heterocycles. The third-order valence-electron chi connectivity index (χ3n) is 3.89. The molecule has 0 aliphatic carbocycles. The van der Waals surface area contributed by atoms with Crippen LogP contribution in [-0.2, 0) is 21.8 Å². The zero-order chi connectivity index (χ0) is 18.5. The van der Waals surface area contributed by atoms with E-state index in [0.717, 1.165) is 11.3 Å². The molecular formula is C19H18N2O4S. The Labute approximate surface area is 154 Å². The summed E-state index contributed by atoms with van der Waals surface area (Å²) >= 11 is 1.38. The lowest BCUT2D eigenvalue weighted by Crippen LogP contribution is -2.27. The van der Waals surface area contributed by atoms with Gasteiger partial charge in [0.1, 0.15) is 12.3 Å². The Morgan fingerprint density at radius 1 is 1.12 bits per heavy atom.